The summed E-state index contributed by atoms with van der Waals surface area (Å²) in [5, 5.41) is 13.1. The molecule has 3 aliphatic rings. The second-order valence-electron chi connectivity index (χ2n) is 8.02. The molecule has 1 aromatic carbocycles. The Hall–Kier alpha value is -1.41. The average Bonchev–Trinajstić information content (AvgIpc) is 3.34. The Balaban J connectivity index is 1.26. The van der Waals surface area contributed by atoms with Gasteiger partial charge in [0.2, 0.25) is 0 Å². The van der Waals surface area contributed by atoms with E-state index in [-0.39, 0.29) is 5.54 Å². The van der Waals surface area contributed by atoms with Crippen molar-refractivity contribution in [2.24, 2.45) is 0 Å². The first-order chi connectivity index (χ1) is 11.7. The quantitative estimate of drug-likeness (QED) is 0.902. The van der Waals surface area contributed by atoms with Gasteiger partial charge in [-0.2, -0.15) is 5.26 Å². The predicted molar refractivity (Wildman–Crippen MR) is 95.8 cm³/mol. The third-order valence-electron chi connectivity index (χ3n) is 6.17. The number of nitriles is 1. The molecule has 3 fully saturated rings. The van der Waals surface area contributed by atoms with Gasteiger partial charge in [0.1, 0.15) is 0 Å². The van der Waals surface area contributed by atoms with Crippen molar-refractivity contribution in [3.05, 3.63) is 35.9 Å². The molecule has 0 aromatic heterocycles. The lowest BCUT2D eigenvalue weighted by atomic mass is 9.83. The van der Waals surface area contributed by atoms with Crippen molar-refractivity contribution in [1.82, 2.24) is 15.1 Å². The van der Waals surface area contributed by atoms with Crippen molar-refractivity contribution in [3.8, 4) is 6.07 Å². The van der Waals surface area contributed by atoms with E-state index in [0.717, 1.165) is 32.1 Å². The van der Waals surface area contributed by atoms with Crippen LogP contribution in [0, 0.1) is 11.3 Å². The lowest BCUT2D eigenvalue weighted by molar-refractivity contribution is -0.0514. The second kappa shape index (κ2) is 6.48. The third-order valence-corrected chi connectivity index (χ3v) is 6.17. The normalized spacial score (nSPS) is 30.5. The Labute approximate surface area is 145 Å². The zero-order valence-corrected chi connectivity index (χ0v) is 14.6. The van der Waals surface area contributed by atoms with Crippen LogP contribution in [0.2, 0.25) is 0 Å². The number of hydrogen-bond acceptors (Lipinski definition) is 4. The number of rotatable bonds is 5. The van der Waals surface area contributed by atoms with Gasteiger partial charge in [-0.1, -0.05) is 30.3 Å². The Morgan fingerprint density at radius 2 is 1.92 bits per heavy atom. The average molecular weight is 324 g/mol. The largest absolute Gasteiger partial charge is 0.311 e. The molecule has 0 unspecified atom stereocenters. The fourth-order valence-electron chi connectivity index (χ4n) is 4.80. The van der Waals surface area contributed by atoms with Gasteiger partial charge in [-0.15, -0.1) is 0 Å². The van der Waals surface area contributed by atoms with E-state index < -0.39 is 0 Å². The summed E-state index contributed by atoms with van der Waals surface area (Å²) in [6.07, 6.45) is 4.39. The molecular formula is C20H28N4. The highest BCUT2D eigenvalue weighted by atomic mass is 15.3. The minimum Gasteiger partial charge on any atom is -0.311 e. The fourth-order valence-corrected chi connectivity index (χ4v) is 4.80. The molecule has 1 N–H and O–H groups in total. The number of nitrogens with one attached hydrogen (secondary N) is 1. The summed E-state index contributed by atoms with van der Waals surface area (Å²) in [5.74, 6) is 0.717. The lowest BCUT2D eigenvalue weighted by Crippen LogP contribution is -2.70. The first kappa shape index (κ1) is 16.1. The van der Waals surface area contributed by atoms with E-state index >= 15 is 0 Å². The summed E-state index contributed by atoms with van der Waals surface area (Å²) in [6.45, 7) is 4.38. The van der Waals surface area contributed by atoms with E-state index in [9.17, 15) is 5.26 Å². The van der Waals surface area contributed by atoms with Gasteiger partial charge in [-0.25, -0.2) is 0 Å². The van der Waals surface area contributed by atoms with Crippen LogP contribution in [0.3, 0.4) is 0 Å². The van der Waals surface area contributed by atoms with Crippen LogP contribution in [0.5, 0.6) is 0 Å². The summed E-state index contributed by atoms with van der Waals surface area (Å²) in [4.78, 5) is 4.92. The van der Waals surface area contributed by atoms with Gasteiger partial charge in [-0.3, -0.25) is 4.90 Å². The second-order valence-corrected chi connectivity index (χ2v) is 8.02. The first-order valence-corrected chi connectivity index (χ1v) is 9.32. The van der Waals surface area contributed by atoms with E-state index in [1.54, 1.807) is 0 Å². The molecule has 0 bridgehead atoms. The highest BCUT2D eigenvalue weighted by molar-refractivity contribution is 5.27. The Bertz CT molecular complexity index is 594. The molecule has 0 amide bonds. The van der Waals surface area contributed by atoms with Crippen molar-refractivity contribution in [2.75, 3.05) is 33.2 Å². The van der Waals surface area contributed by atoms with Crippen LogP contribution >= 0.6 is 0 Å². The number of hydrogen-bond donors (Lipinski definition) is 1. The summed E-state index contributed by atoms with van der Waals surface area (Å²) in [6, 6.07) is 14.6. The zero-order valence-electron chi connectivity index (χ0n) is 14.6. The Morgan fingerprint density at radius 3 is 2.54 bits per heavy atom. The van der Waals surface area contributed by atoms with Gasteiger partial charge >= 0.3 is 0 Å². The topological polar surface area (TPSA) is 42.3 Å². The SMILES string of the molecule is CN1CC(CC#N)(N2CCC(N[C@@H]3C[C@H]3c3ccccc3)CC2)C1. The van der Waals surface area contributed by atoms with E-state index in [1.807, 2.05) is 0 Å². The van der Waals surface area contributed by atoms with Gasteiger partial charge < -0.3 is 10.2 Å². The van der Waals surface area contributed by atoms with E-state index in [0.29, 0.717) is 18.5 Å². The molecule has 0 radical (unpaired) electrons. The van der Waals surface area contributed by atoms with Gasteiger partial charge in [0.25, 0.3) is 0 Å². The maximum absolute atomic E-state index is 9.19. The lowest BCUT2D eigenvalue weighted by Gasteiger charge is -2.55. The van der Waals surface area contributed by atoms with Crippen LogP contribution in [-0.4, -0.2) is 60.6 Å². The van der Waals surface area contributed by atoms with Crippen molar-refractivity contribution in [1.29, 1.82) is 5.26 Å². The molecule has 4 rings (SSSR count). The first-order valence-electron chi connectivity index (χ1n) is 9.32. The molecule has 4 nitrogen and oxygen atoms in total. The molecule has 0 spiro atoms. The molecule has 2 heterocycles. The minimum absolute atomic E-state index is 0.140. The molecule has 4 heteroatoms. The van der Waals surface area contributed by atoms with E-state index in [1.165, 1.54) is 24.8 Å². The molecule has 2 aliphatic heterocycles. The smallest absolute Gasteiger partial charge is 0.0642 e. The van der Waals surface area contributed by atoms with Crippen LogP contribution in [0.25, 0.3) is 0 Å². The minimum atomic E-state index is 0.140. The Morgan fingerprint density at radius 1 is 1.21 bits per heavy atom. The summed E-state index contributed by atoms with van der Waals surface area (Å²) >= 11 is 0. The standard InChI is InChI=1S/C20H28N4/c1-23-14-20(15-23,9-10-21)24-11-7-17(8-12-24)22-19-13-18(19)16-5-3-2-4-6-16/h2-6,17-19,22H,7-9,11-15H2,1H3/t18-,19+/m0/s1. The number of nitrogens with zero attached hydrogens (tertiary/aromatic N) is 3. The van der Waals surface area contributed by atoms with Gasteiger partial charge in [-0.05, 0) is 31.9 Å². The molecule has 1 aliphatic carbocycles. The van der Waals surface area contributed by atoms with Crippen LogP contribution in [0.15, 0.2) is 30.3 Å². The highest BCUT2D eigenvalue weighted by Crippen LogP contribution is 2.41. The molecule has 1 aromatic rings. The van der Waals surface area contributed by atoms with E-state index in [4.69, 9.17) is 0 Å². The summed E-state index contributed by atoms with van der Waals surface area (Å²) in [5.41, 5.74) is 1.62. The van der Waals surface area contributed by atoms with Crippen LogP contribution in [-0.2, 0) is 0 Å². The van der Waals surface area contributed by atoms with Crippen molar-refractivity contribution >= 4 is 0 Å². The number of likely N-dealkylation sites (N-methyl/N-ethyl adjacent to an activating group) is 1. The molecule has 128 valence electrons. The van der Waals surface area contributed by atoms with Gasteiger partial charge in [0.15, 0.2) is 0 Å². The molecular weight excluding hydrogens is 296 g/mol. The summed E-state index contributed by atoms with van der Waals surface area (Å²) in [7, 11) is 2.15. The van der Waals surface area contributed by atoms with Crippen LogP contribution < -0.4 is 5.32 Å². The molecule has 2 saturated heterocycles. The van der Waals surface area contributed by atoms with E-state index in [2.05, 4.69) is 58.6 Å². The number of benzene rings is 1. The molecule has 2 atom stereocenters. The van der Waals surface area contributed by atoms with Crippen molar-refractivity contribution in [2.45, 2.75) is 49.2 Å². The Kier molecular flexibility index (Phi) is 4.34. The van der Waals surface area contributed by atoms with Crippen LogP contribution in [0.1, 0.15) is 37.2 Å². The van der Waals surface area contributed by atoms with Crippen molar-refractivity contribution < 1.29 is 0 Å². The third kappa shape index (κ3) is 3.09. The predicted octanol–water partition coefficient (Wildman–Crippen LogP) is 2.19. The number of piperidine rings is 1. The zero-order chi connectivity index (χ0) is 16.6. The van der Waals surface area contributed by atoms with Gasteiger partial charge in [0, 0.05) is 44.2 Å². The maximum atomic E-state index is 9.19. The van der Waals surface area contributed by atoms with Crippen molar-refractivity contribution in [3.63, 3.8) is 0 Å². The monoisotopic (exact) mass is 324 g/mol. The molecule has 24 heavy (non-hydrogen) atoms. The highest BCUT2D eigenvalue weighted by Gasteiger charge is 2.47. The number of likely N-dealkylation sites (tertiary alicyclic amines) is 2. The van der Waals surface area contributed by atoms with Gasteiger partial charge in [0.05, 0.1) is 18.0 Å². The fraction of sp³-hybridized carbons (Fsp3) is 0.650. The van der Waals surface area contributed by atoms with Crippen LogP contribution in [0.4, 0.5) is 0 Å². The summed E-state index contributed by atoms with van der Waals surface area (Å²) < 4.78 is 0. The maximum Gasteiger partial charge on any atom is 0.0642 e. The molecule has 1 saturated carbocycles.